The van der Waals surface area contributed by atoms with E-state index in [1.54, 1.807) is 0 Å². The fourth-order valence-electron chi connectivity index (χ4n) is 1.82. The Kier molecular flexibility index (Phi) is 2.32. The van der Waals surface area contributed by atoms with Crippen LogP contribution in [0.5, 0.6) is 0 Å². The highest BCUT2D eigenvalue weighted by Crippen LogP contribution is 2.13. The van der Waals surface area contributed by atoms with E-state index in [0.717, 1.165) is 25.9 Å². The summed E-state index contributed by atoms with van der Waals surface area (Å²) in [6.07, 6.45) is 4.23. The second kappa shape index (κ2) is 3.46. The van der Waals surface area contributed by atoms with E-state index in [9.17, 15) is 0 Å². The minimum absolute atomic E-state index is 1.10. The number of hydrogen-bond acceptors (Lipinski definition) is 2. The van der Waals surface area contributed by atoms with Gasteiger partial charge in [-0.05, 0) is 31.5 Å². The lowest BCUT2D eigenvalue weighted by molar-refractivity contribution is 0.352. The topological polar surface area (TPSA) is 16.1 Å². The summed E-state index contributed by atoms with van der Waals surface area (Å²) in [6.45, 7) is 4.42. The van der Waals surface area contributed by atoms with Crippen LogP contribution in [0.4, 0.5) is 0 Å². The van der Waals surface area contributed by atoms with Crippen LogP contribution < -0.4 is 0 Å². The molecule has 0 bridgehead atoms. The first-order chi connectivity index (χ1) is 6.25. The number of likely N-dealkylation sites (N-methyl/N-ethyl adjacent to an activating group) is 1. The van der Waals surface area contributed by atoms with E-state index in [-0.39, 0.29) is 0 Å². The molecular formula is C11H16N2. The van der Waals surface area contributed by atoms with E-state index < -0.39 is 0 Å². The Bertz CT molecular complexity index is 307. The van der Waals surface area contributed by atoms with Crippen LogP contribution in [-0.4, -0.2) is 30.0 Å². The minimum atomic E-state index is 1.10. The van der Waals surface area contributed by atoms with Gasteiger partial charge < -0.3 is 4.90 Å². The molecule has 0 atom stereocenters. The summed E-state index contributed by atoms with van der Waals surface area (Å²) < 4.78 is 0. The van der Waals surface area contributed by atoms with E-state index in [1.807, 2.05) is 6.20 Å². The first-order valence-corrected chi connectivity index (χ1v) is 4.88. The molecule has 0 amide bonds. The van der Waals surface area contributed by atoms with Gasteiger partial charge in [0.2, 0.25) is 0 Å². The molecule has 0 aliphatic carbocycles. The van der Waals surface area contributed by atoms with Crippen molar-refractivity contribution in [2.24, 2.45) is 0 Å². The molecule has 0 saturated carbocycles. The molecule has 0 radical (unpaired) electrons. The summed E-state index contributed by atoms with van der Waals surface area (Å²) in [7, 11) is 2.18. The van der Waals surface area contributed by atoms with Gasteiger partial charge in [0, 0.05) is 31.4 Å². The Morgan fingerprint density at radius 3 is 2.92 bits per heavy atom. The Morgan fingerprint density at radius 1 is 1.31 bits per heavy atom. The van der Waals surface area contributed by atoms with Crippen LogP contribution >= 0.6 is 0 Å². The Labute approximate surface area is 79.6 Å². The van der Waals surface area contributed by atoms with Gasteiger partial charge in [0.15, 0.2) is 0 Å². The lowest BCUT2D eigenvalue weighted by Crippen LogP contribution is -2.20. The molecule has 0 aromatic carbocycles. The first kappa shape index (κ1) is 8.70. The fourth-order valence-corrected chi connectivity index (χ4v) is 1.82. The summed E-state index contributed by atoms with van der Waals surface area (Å²) >= 11 is 0. The zero-order chi connectivity index (χ0) is 9.26. The average Bonchev–Trinajstić information content (AvgIpc) is 2.29. The second-order valence-corrected chi connectivity index (χ2v) is 3.92. The fraction of sp³-hybridized carbons (Fsp3) is 0.545. The summed E-state index contributed by atoms with van der Waals surface area (Å²) in [5.74, 6) is 0. The van der Waals surface area contributed by atoms with Crippen LogP contribution in [0.3, 0.4) is 0 Å². The maximum Gasteiger partial charge on any atom is 0.0448 e. The predicted octanol–water partition coefficient (Wildman–Crippen LogP) is 1.42. The zero-order valence-corrected chi connectivity index (χ0v) is 8.38. The van der Waals surface area contributed by atoms with E-state index in [0.29, 0.717) is 0 Å². The third-order valence-electron chi connectivity index (χ3n) is 2.69. The number of rotatable bonds is 0. The van der Waals surface area contributed by atoms with Crippen molar-refractivity contribution in [2.75, 3.05) is 20.1 Å². The van der Waals surface area contributed by atoms with Gasteiger partial charge in [-0.25, -0.2) is 0 Å². The predicted molar refractivity (Wildman–Crippen MR) is 53.9 cm³/mol. The highest BCUT2D eigenvalue weighted by Gasteiger charge is 2.11. The van der Waals surface area contributed by atoms with Gasteiger partial charge in [0.05, 0.1) is 0 Å². The van der Waals surface area contributed by atoms with E-state index in [2.05, 4.69) is 29.9 Å². The molecule has 0 spiro atoms. The van der Waals surface area contributed by atoms with Crippen molar-refractivity contribution in [1.82, 2.24) is 9.88 Å². The van der Waals surface area contributed by atoms with Crippen molar-refractivity contribution in [3.63, 3.8) is 0 Å². The third kappa shape index (κ3) is 1.89. The Balaban J connectivity index is 2.30. The van der Waals surface area contributed by atoms with Crippen LogP contribution in [0, 0.1) is 6.92 Å². The maximum atomic E-state index is 4.49. The highest BCUT2D eigenvalue weighted by atomic mass is 15.1. The maximum absolute atomic E-state index is 4.49. The van der Waals surface area contributed by atoms with E-state index in [1.165, 1.54) is 16.8 Å². The zero-order valence-electron chi connectivity index (χ0n) is 8.38. The molecular weight excluding hydrogens is 160 g/mol. The molecule has 0 N–H and O–H groups in total. The number of fused-ring (bicyclic) bond motifs is 1. The van der Waals surface area contributed by atoms with Crippen molar-refractivity contribution < 1.29 is 0 Å². The molecule has 1 aliphatic rings. The summed E-state index contributed by atoms with van der Waals surface area (Å²) in [6, 6.07) is 2.28. The number of hydrogen-bond donors (Lipinski definition) is 0. The number of aryl methyl sites for hydroxylation is 1. The summed E-state index contributed by atoms with van der Waals surface area (Å²) in [4.78, 5) is 6.86. The molecule has 1 aliphatic heterocycles. The van der Waals surface area contributed by atoms with Gasteiger partial charge >= 0.3 is 0 Å². The first-order valence-electron chi connectivity index (χ1n) is 4.88. The summed E-state index contributed by atoms with van der Waals surface area (Å²) in [5.41, 5.74) is 4.03. The third-order valence-corrected chi connectivity index (χ3v) is 2.69. The smallest absolute Gasteiger partial charge is 0.0448 e. The van der Waals surface area contributed by atoms with Gasteiger partial charge in [-0.15, -0.1) is 0 Å². The molecule has 1 aromatic heterocycles. The number of nitrogens with zero attached hydrogens (tertiary/aromatic N) is 2. The van der Waals surface area contributed by atoms with Gasteiger partial charge in [-0.3, -0.25) is 4.98 Å². The Morgan fingerprint density at radius 2 is 2.08 bits per heavy atom. The molecule has 0 saturated heterocycles. The van der Waals surface area contributed by atoms with Gasteiger partial charge in [-0.2, -0.15) is 0 Å². The normalized spacial score (nSPS) is 18.0. The lowest BCUT2D eigenvalue weighted by Gasteiger charge is -2.10. The highest BCUT2D eigenvalue weighted by molar-refractivity contribution is 5.26. The van der Waals surface area contributed by atoms with Crippen LogP contribution in [-0.2, 0) is 12.8 Å². The molecule has 70 valence electrons. The van der Waals surface area contributed by atoms with E-state index >= 15 is 0 Å². The van der Waals surface area contributed by atoms with Crippen molar-refractivity contribution >= 4 is 0 Å². The second-order valence-electron chi connectivity index (χ2n) is 3.92. The van der Waals surface area contributed by atoms with Crippen molar-refractivity contribution in [3.05, 3.63) is 29.1 Å². The quantitative estimate of drug-likeness (QED) is 0.594. The SMILES string of the molecule is Cc1cnc2c(c1)CCN(C)CC2. The number of pyridine rings is 1. The monoisotopic (exact) mass is 176 g/mol. The lowest BCUT2D eigenvalue weighted by atomic mass is 10.1. The van der Waals surface area contributed by atoms with Crippen LogP contribution in [0.25, 0.3) is 0 Å². The van der Waals surface area contributed by atoms with Crippen molar-refractivity contribution in [3.8, 4) is 0 Å². The van der Waals surface area contributed by atoms with Gasteiger partial charge in [0.25, 0.3) is 0 Å². The average molecular weight is 176 g/mol. The molecule has 0 fully saturated rings. The Hall–Kier alpha value is -0.890. The van der Waals surface area contributed by atoms with Crippen LogP contribution in [0.15, 0.2) is 12.3 Å². The molecule has 2 nitrogen and oxygen atoms in total. The van der Waals surface area contributed by atoms with Gasteiger partial charge in [0.1, 0.15) is 0 Å². The van der Waals surface area contributed by atoms with Crippen LogP contribution in [0.2, 0.25) is 0 Å². The van der Waals surface area contributed by atoms with Crippen molar-refractivity contribution in [1.29, 1.82) is 0 Å². The van der Waals surface area contributed by atoms with Crippen LogP contribution in [0.1, 0.15) is 16.8 Å². The standard InChI is InChI=1S/C11H16N2/c1-9-7-10-3-5-13(2)6-4-11(10)12-8-9/h7-8H,3-6H2,1-2H3. The van der Waals surface area contributed by atoms with E-state index in [4.69, 9.17) is 0 Å². The molecule has 2 rings (SSSR count). The molecule has 1 aromatic rings. The van der Waals surface area contributed by atoms with Crippen molar-refractivity contribution in [2.45, 2.75) is 19.8 Å². The number of aromatic nitrogens is 1. The molecule has 2 heterocycles. The molecule has 13 heavy (non-hydrogen) atoms. The van der Waals surface area contributed by atoms with Gasteiger partial charge in [-0.1, -0.05) is 6.07 Å². The minimum Gasteiger partial charge on any atom is -0.306 e. The molecule has 2 heteroatoms. The molecule has 0 unspecified atom stereocenters. The largest absolute Gasteiger partial charge is 0.306 e. The summed E-state index contributed by atoms with van der Waals surface area (Å²) in [5, 5.41) is 0.